The number of amides is 1. The summed E-state index contributed by atoms with van der Waals surface area (Å²) in [6, 6.07) is 7.23. The fraction of sp³-hybridized carbons (Fsp3) is 0.533. The molecule has 1 aromatic rings. The van der Waals surface area contributed by atoms with Crippen LogP contribution in [0.1, 0.15) is 19.8 Å². The molecule has 20 heavy (non-hydrogen) atoms. The Labute approximate surface area is 124 Å². The third-order valence-electron chi connectivity index (χ3n) is 3.42. The van der Waals surface area contributed by atoms with Crippen molar-refractivity contribution in [2.75, 3.05) is 19.6 Å². The van der Waals surface area contributed by atoms with Crippen molar-refractivity contribution in [3.05, 3.63) is 29.3 Å². The number of piperidine rings is 1. The van der Waals surface area contributed by atoms with Gasteiger partial charge in [-0.3, -0.25) is 4.79 Å². The van der Waals surface area contributed by atoms with Gasteiger partial charge in [-0.1, -0.05) is 11.6 Å². The fourth-order valence-electron chi connectivity index (χ4n) is 2.26. The van der Waals surface area contributed by atoms with E-state index in [2.05, 4.69) is 10.6 Å². The monoisotopic (exact) mass is 296 g/mol. The van der Waals surface area contributed by atoms with E-state index in [1.54, 1.807) is 12.1 Å². The molecule has 1 atom stereocenters. The quantitative estimate of drug-likeness (QED) is 0.876. The lowest BCUT2D eigenvalue weighted by molar-refractivity contribution is -0.126. The number of hydrogen-bond donors (Lipinski definition) is 2. The van der Waals surface area contributed by atoms with Crippen molar-refractivity contribution in [3.63, 3.8) is 0 Å². The van der Waals surface area contributed by atoms with Crippen LogP contribution >= 0.6 is 11.6 Å². The predicted molar refractivity (Wildman–Crippen MR) is 80.1 cm³/mol. The Morgan fingerprint density at radius 2 is 2.05 bits per heavy atom. The smallest absolute Gasteiger partial charge is 0.223 e. The molecule has 0 aliphatic carbocycles. The second-order valence-corrected chi connectivity index (χ2v) is 5.59. The van der Waals surface area contributed by atoms with Gasteiger partial charge in [-0.15, -0.1) is 0 Å². The Balaban J connectivity index is 1.72. The highest BCUT2D eigenvalue weighted by Crippen LogP contribution is 2.17. The molecule has 110 valence electrons. The molecule has 0 aromatic heterocycles. The first-order valence-corrected chi connectivity index (χ1v) is 7.43. The minimum atomic E-state index is -0.0677. The van der Waals surface area contributed by atoms with E-state index < -0.39 is 0 Å². The molecule has 1 unspecified atom stereocenters. The fourth-order valence-corrected chi connectivity index (χ4v) is 2.39. The van der Waals surface area contributed by atoms with Gasteiger partial charge < -0.3 is 15.4 Å². The number of benzene rings is 1. The molecular formula is C15H21ClN2O2. The number of rotatable bonds is 5. The van der Waals surface area contributed by atoms with Gasteiger partial charge in [-0.2, -0.15) is 0 Å². The van der Waals surface area contributed by atoms with E-state index in [-0.39, 0.29) is 17.9 Å². The van der Waals surface area contributed by atoms with Crippen LogP contribution in [0, 0.1) is 5.92 Å². The predicted octanol–water partition coefficient (Wildman–Crippen LogP) is 2.22. The SMILES string of the molecule is CC(CNC(=O)C1CCNCC1)Oc1ccc(Cl)cc1. The van der Waals surface area contributed by atoms with Crippen molar-refractivity contribution < 1.29 is 9.53 Å². The molecule has 4 nitrogen and oxygen atoms in total. The van der Waals surface area contributed by atoms with Crippen LogP contribution in [-0.2, 0) is 4.79 Å². The lowest BCUT2D eigenvalue weighted by atomic mass is 9.97. The van der Waals surface area contributed by atoms with Crippen LogP contribution in [0.2, 0.25) is 5.02 Å². The largest absolute Gasteiger partial charge is 0.489 e. The maximum atomic E-state index is 12.0. The second-order valence-electron chi connectivity index (χ2n) is 5.15. The van der Waals surface area contributed by atoms with E-state index in [9.17, 15) is 4.79 Å². The average molecular weight is 297 g/mol. The molecule has 0 saturated carbocycles. The summed E-state index contributed by atoms with van der Waals surface area (Å²) >= 11 is 5.82. The van der Waals surface area contributed by atoms with Gasteiger partial charge >= 0.3 is 0 Å². The van der Waals surface area contributed by atoms with Crippen molar-refractivity contribution in [2.45, 2.75) is 25.9 Å². The zero-order valence-corrected chi connectivity index (χ0v) is 12.5. The van der Waals surface area contributed by atoms with Crippen LogP contribution in [0.4, 0.5) is 0 Å². The van der Waals surface area contributed by atoms with Crippen molar-refractivity contribution in [1.82, 2.24) is 10.6 Å². The second kappa shape index (κ2) is 7.50. The summed E-state index contributed by atoms with van der Waals surface area (Å²) in [6.45, 7) is 4.31. The van der Waals surface area contributed by atoms with Crippen LogP contribution in [0.5, 0.6) is 5.75 Å². The van der Waals surface area contributed by atoms with E-state index in [4.69, 9.17) is 16.3 Å². The minimum absolute atomic E-state index is 0.0677. The van der Waals surface area contributed by atoms with Crippen LogP contribution in [0.15, 0.2) is 24.3 Å². The zero-order valence-electron chi connectivity index (χ0n) is 11.7. The molecule has 1 fully saturated rings. The maximum absolute atomic E-state index is 12.0. The number of nitrogens with one attached hydrogen (secondary N) is 2. The topological polar surface area (TPSA) is 50.4 Å². The average Bonchev–Trinajstić information content (AvgIpc) is 2.48. The summed E-state index contributed by atoms with van der Waals surface area (Å²) in [6.07, 6.45) is 1.76. The van der Waals surface area contributed by atoms with Gasteiger partial charge in [-0.05, 0) is 57.1 Å². The third kappa shape index (κ3) is 4.69. The molecule has 1 saturated heterocycles. The number of carbonyl (C=O) groups excluding carboxylic acids is 1. The van der Waals surface area contributed by atoms with E-state index in [0.29, 0.717) is 11.6 Å². The van der Waals surface area contributed by atoms with Gasteiger partial charge in [-0.25, -0.2) is 0 Å². The van der Waals surface area contributed by atoms with E-state index >= 15 is 0 Å². The first kappa shape index (κ1) is 15.1. The summed E-state index contributed by atoms with van der Waals surface area (Å²) in [5.74, 6) is 1.04. The first-order chi connectivity index (χ1) is 9.65. The molecular weight excluding hydrogens is 276 g/mol. The number of halogens is 1. The van der Waals surface area contributed by atoms with Gasteiger partial charge in [0.2, 0.25) is 5.91 Å². The molecule has 2 rings (SSSR count). The van der Waals surface area contributed by atoms with Crippen molar-refractivity contribution in [2.24, 2.45) is 5.92 Å². The summed E-state index contributed by atoms with van der Waals surface area (Å²) in [7, 11) is 0. The summed E-state index contributed by atoms with van der Waals surface area (Å²) in [4.78, 5) is 12.0. The van der Waals surface area contributed by atoms with Crippen molar-refractivity contribution >= 4 is 17.5 Å². The van der Waals surface area contributed by atoms with E-state index in [1.165, 1.54) is 0 Å². The molecule has 5 heteroatoms. The van der Waals surface area contributed by atoms with Crippen LogP contribution in [0.3, 0.4) is 0 Å². The highest BCUT2D eigenvalue weighted by atomic mass is 35.5. The molecule has 1 amide bonds. The number of hydrogen-bond acceptors (Lipinski definition) is 3. The Bertz CT molecular complexity index is 430. The molecule has 2 N–H and O–H groups in total. The molecule has 1 heterocycles. The highest BCUT2D eigenvalue weighted by Gasteiger charge is 2.21. The maximum Gasteiger partial charge on any atom is 0.223 e. The zero-order chi connectivity index (χ0) is 14.4. The molecule has 1 aromatic carbocycles. The van der Waals surface area contributed by atoms with Gasteiger partial charge in [0.15, 0.2) is 0 Å². The minimum Gasteiger partial charge on any atom is -0.489 e. The Hall–Kier alpha value is -1.26. The standard InChI is InChI=1S/C15H21ClN2O2/c1-11(20-14-4-2-13(16)3-5-14)10-18-15(19)12-6-8-17-9-7-12/h2-5,11-12,17H,6-10H2,1H3,(H,18,19). The molecule has 1 aliphatic heterocycles. The van der Waals surface area contributed by atoms with Gasteiger partial charge in [0.25, 0.3) is 0 Å². The van der Waals surface area contributed by atoms with Crippen molar-refractivity contribution in [1.29, 1.82) is 0 Å². The molecule has 0 bridgehead atoms. The summed E-state index contributed by atoms with van der Waals surface area (Å²) in [5.41, 5.74) is 0. The van der Waals surface area contributed by atoms with E-state index in [0.717, 1.165) is 31.7 Å². The lowest BCUT2D eigenvalue weighted by Crippen LogP contribution is -2.41. The van der Waals surface area contributed by atoms with Crippen molar-refractivity contribution in [3.8, 4) is 5.75 Å². The van der Waals surface area contributed by atoms with Crippen LogP contribution in [0.25, 0.3) is 0 Å². The first-order valence-electron chi connectivity index (χ1n) is 7.06. The molecule has 1 aliphatic rings. The van der Waals surface area contributed by atoms with Crippen LogP contribution in [-0.4, -0.2) is 31.6 Å². The lowest BCUT2D eigenvalue weighted by Gasteiger charge is -2.23. The van der Waals surface area contributed by atoms with Crippen LogP contribution < -0.4 is 15.4 Å². The van der Waals surface area contributed by atoms with Gasteiger partial charge in [0.05, 0.1) is 6.54 Å². The summed E-state index contributed by atoms with van der Waals surface area (Å²) in [5, 5.41) is 6.91. The Kier molecular flexibility index (Phi) is 5.68. The molecule has 0 spiro atoms. The van der Waals surface area contributed by atoms with Gasteiger partial charge in [0.1, 0.15) is 11.9 Å². The Morgan fingerprint density at radius 3 is 2.70 bits per heavy atom. The Morgan fingerprint density at radius 1 is 1.40 bits per heavy atom. The number of ether oxygens (including phenoxy) is 1. The van der Waals surface area contributed by atoms with Gasteiger partial charge in [0, 0.05) is 10.9 Å². The van der Waals surface area contributed by atoms with E-state index in [1.807, 2.05) is 19.1 Å². The summed E-state index contributed by atoms with van der Waals surface area (Å²) < 4.78 is 5.72. The number of carbonyl (C=O) groups is 1. The normalized spacial score (nSPS) is 17.5. The molecule has 0 radical (unpaired) electrons. The highest BCUT2D eigenvalue weighted by molar-refractivity contribution is 6.30. The third-order valence-corrected chi connectivity index (χ3v) is 3.68.